The van der Waals surface area contributed by atoms with Gasteiger partial charge >= 0.3 is 12.0 Å². The molecular formula is C30H26N4O6S2. The number of aliphatic carboxylic acids is 1. The van der Waals surface area contributed by atoms with Crippen molar-refractivity contribution in [3.05, 3.63) is 103 Å². The molecule has 1 unspecified atom stereocenters. The molecule has 5 rings (SSSR count). The number of benzene rings is 4. The minimum absolute atomic E-state index is 0.0953. The molecular weight excluding hydrogens is 576 g/mol. The van der Waals surface area contributed by atoms with E-state index in [4.69, 9.17) is 4.74 Å². The zero-order valence-corrected chi connectivity index (χ0v) is 23.9. The molecule has 0 radical (unpaired) electrons. The quantitative estimate of drug-likeness (QED) is 0.151. The zero-order chi connectivity index (χ0) is 29.7. The Morgan fingerprint density at radius 1 is 0.905 bits per heavy atom. The van der Waals surface area contributed by atoms with Crippen LogP contribution >= 0.6 is 11.3 Å². The maximum atomic E-state index is 13.6. The normalized spacial score (nSPS) is 12.0. The van der Waals surface area contributed by atoms with Gasteiger partial charge < -0.3 is 15.2 Å². The van der Waals surface area contributed by atoms with Gasteiger partial charge in [0.25, 0.3) is 0 Å². The number of carboxylic acids is 1. The van der Waals surface area contributed by atoms with Crippen molar-refractivity contribution in [2.24, 2.45) is 0 Å². The number of anilines is 2. The third-order valence-electron chi connectivity index (χ3n) is 6.30. The van der Waals surface area contributed by atoms with Crippen LogP contribution in [0.15, 0.2) is 102 Å². The van der Waals surface area contributed by atoms with Crippen molar-refractivity contribution < 1.29 is 27.9 Å². The first-order valence-corrected chi connectivity index (χ1v) is 15.0. The number of aromatic nitrogens is 1. The monoisotopic (exact) mass is 602 g/mol. The van der Waals surface area contributed by atoms with Crippen molar-refractivity contribution in [2.45, 2.75) is 17.4 Å². The third kappa shape index (κ3) is 6.74. The van der Waals surface area contributed by atoms with E-state index < -0.39 is 34.5 Å². The fourth-order valence-electron chi connectivity index (χ4n) is 4.37. The maximum Gasteiger partial charge on any atom is 0.325 e. The topological polar surface area (TPSA) is 147 Å². The SMILES string of the molecule is COc1ccc(-c2cccc(NC(=O)Nc3nc4ccccc4s3)c2)cc1S(=O)(=O)NC(CC(=O)O)c1ccccc1. The average molecular weight is 603 g/mol. The number of thiazole rings is 1. The summed E-state index contributed by atoms with van der Waals surface area (Å²) in [6.45, 7) is 0. The van der Waals surface area contributed by atoms with E-state index in [0.29, 0.717) is 27.5 Å². The minimum Gasteiger partial charge on any atom is -0.495 e. The van der Waals surface area contributed by atoms with E-state index in [9.17, 15) is 23.1 Å². The molecule has 0 saturated carbocycles. The lowest BCUT2D eigenvalue weighted by Crippen LogP contribution is -2.30. The minimum atomic E-state index is -4.23. The Balaban J connectivity index is 1.38. The number of nitrogens with one attached hydrogen (secondary N) is 3. The standard InChI is InChI=1S/C30H26N4O6S2/c1-40-25-15-14-21(17-27(25)42(38,39)34-24(18-28(35)36)19-8-3-2-4-9-19)20-10-7-11-22(16-20)31-29(37)33-30-32-23-12-5-6-13-26(23)41-30/h2-17,24,34H,18H2,1H3,(H,35,36)(H2,31,32,33,37). The van der Waals surface area contributed by atoms with Crippen LogP contribution in [0.5, 0.6) is 5.75 Å². The summed E-state index contributed by atoms with van der Waals surface area (Å²) in [5.74, 6) is -1.05. The lowest BCUT2D eigenvalue weighted by molar-refractivity contribution is -0.137. The van der Waals surface area contributed by atoms with Crippen LogP contribution in [0.2, 0.25) is 0 Å². The van der Waals surface area contributed by atoms with E-state index in [1.54, 1.807) is 60.7 Å². The van der Waals surface area contributed by atoms with Crippen LogP contribution in [0.25, 0.3) is 21.3 Å². The first-order valence-electron chi connectivity index (χ1n) is 12.7. The number of para-hydroxylation sites is 1. The molecule has 4 N–H and O–H groups in total. The van der Waals surface area contributed by atoms with Gasteiger partial charge in [0, 0.05) is 5.69 Å². The Morgan fingerprint density at radius 2 is 1.64 bits per heavy atom. The second-order valence-electron chi connectivity index (χ2n) is 9.19. The van der Waals surface area contributed by atoms with E-state index in [-0.39, 0.29) is 10.6 Å². The second kappa shape index (κ2) is 12.4. The predicted octanol–water partition coefficient (Wildman–Crippen LogP) is 6.11. The number of carboxylic acid groups (broad SMARTS) is 1. The van der Waals surface area contributed by atoms with Crippen LogP contribution < -0.4 is 20.1 Å². The van der Waals surface area contributed by atoms with Crippen molar-refractivity contribution in [1.29, 1.82) is 0 Å². The number of methoxy groups -OCH3 is 1. The number of amides is 2. The first kappa shape index (κ1) is 28.7. The van der Waals surface area contributed by atoms with Gasteiger partial charge in [-0.15, -0.1) is 0 Å². The zero-order valence-electron chi connectivity index (χ0n) is 22.3. The molecule has 4 aromatic carbocycles. The Hall–Kier alpha value is -4.78. The Kier molecular flexibility index (Phi) is 8.48. The van der Waals surface area contributed by atoms with Gasteiger partial charge in [-0.2, -0.15) is 0 Å². The van der Waals surface area contributed by atoms with E-state index >= 15 is 0 Å². The van der Waals surface area contributed by atoms with Gasteiger partial charge in [0.1, 0.15) is 10.6 Å². The van der Waals surface area contributed by atoms with Crippen LogP contribution in [0.4, 0.5) is 15.6 Å². The summed E-state index contributed by atoms with van der Waals surface area (Å²) in [7, 11) is -2.87. The van der Waals surface area contributed by atoms with Crippen molar-refractivity contribution >= 4 is 54.4 Å². The van der Waals surface area contributed by atoms with Crippen molar-refractivity contribution in [3.63, 3.8) is 0 Å². The molecule has 0 saturated heterocycles. The van der Waals surface area contributed by atoms with Gasteiger partial charge in [-0.05, 0) is 53.1 Å². The molecule has 0 fully saturated rings. The van der Waals surface area contributed by atoms with Crippen LogP contribution in [0, 0.1) is 0 Å². The number of nitrogens with zero attached hydrogens (tertiary/aromatic N) is 1. The van der Waals surface area contributed by atoms with Gasteiger partial charge in [-0.25, -0.2) is 22.9 Å². The maximum absolute atomic E-state index is 13.6. The molecule has 0 aliphatic heterocycles. The molecule has 1 atom stereocenters. The number of sulfonamides is 1. The summed E-state index contributed by atoms with van der Waals surface area (Å²) in [5, 5.41) is 15.4. The first-order chi connectivity index (χ1) is 20.2. The summed E-state index contributed by atoms with van der Waals surface area (Å²) >= 11 is 1.36. The average Bonchev–Trinajstić information content (AvgIpc) is 3.39. The highest BCUT2D eigenvalue weighted by atomic mass is 32.2. The molecule has 1 aromatic heterocycles. The molecule has 1 heterocycles. The van der Waals surface area contributed by atoms with Gasteiger partial charge in [0.15, 0.2) is 5.13 Å². The van der Waals surface area contributed by atoms with E-state index in [1.165, 1.54) is 30.6 Å². The molecule has 5 aromatic rings. The number of hydrogen-bond donors (Lipinski definition) is 4. The van der Waals surface area contributed by atoms with Gasteiger partial charge in [-0.1, -0.05) is 72.0 Å². The number of carbonyl (C=O) groups is 2. The van der Waals surface area contributed by atoms with Gasteiger partial charge in [-0.3, -0.25) is 10.1 Å². The Bertz CT molecular complexity index is 1830. The lowest BCUT2D eigenvalue weighted by atomic mass is 10.0. The Labute approximate surface area is 246 Å². The molecule has 12 heteroatoms. The van der Waals surface area contributed by atoms with Crippen LogP contribution in [0.3, 0.4) is 0 Å². The summed E-state index contributed by atoms with van der Waals surface area (Å²) in [4.78, 5) is 28.4. The molecule has 0 bridgehead atoms. The van der Waals surface area contributed by atoms with Crippen molar-refractivity contribution in [1.82, 2.24) is 9.71 Å². The summed E-state index contributed by atoms with van der Waals surface area (Å²) in [6.07, 6.45) is -0.446. The number of urea groups is 1. The molecule has 2 amide bonds. The number of rotatable bonds is 10. The van der Waals surface area contributed by atoms with Crippen molar-refractivity contribution in [3.8, 4) is 16.9 Å². The summed E-state index contributed by atoms with van der Waals surface area (Å²) in [6, 6.07) is 26.2. The molecule has 10 nitrogen and oxygen atoms in total. The van der Waals surface area contributed by atoms with E-state index in [0.717, 1.165) is 10.2 Å². The largest absolute Gasteiger partial charge is 0.495 e. The third-order valence-corrected chi connectivity index (χ3v) is 8.74. The smallest absolute Gasteiger partial charge is 0.325 e. The molecule has 0 spiro atoms. The predicted molar refractivity (Wildman–Crippen MR) is 162 cm³/mol. The Morgan fingerprint density at radius 3 is 2.38 bits per heavy atom. The molecule has 42 heavy (non-hydrogen) atoms. The van der Waals surface area contributed by atoms with Gasteiger partial charge in [0.05, 0.1) is 29.8 Å². The fraction of sp³-hybridized carbons (Fsp3) is 0.100. The number of carbonyl (C=O) groups excluding carboxylic acids is 1. The van der Waals surface area contributed by atoms with E-state index in [1.807, 2.05) is 24.3 Å². The number of ether oxygens (including phenoxy) is 1. The second-order valence-corrected chi connectivity index (χ2v) is 11.9. The molecule has 0 aliphatic carbocycles. The highest BCUT2D eigenvalue weighted by Gasteiger charge is 2.27. The summed E-state index contributed by atoms with van der Waals surface area (Å²) < 4.78 is 35.9. The fourth-order valence-corrected chi connectivity index (χ4v) is 6.65. The van der Waals surface area contributed by atoms with Crippen LogP contribution in [-0.4, -0.2) is 37.6 Å². The highest BCUT2D eigenvalue weighted by Crippen LogP contribution is 2.32. The van der Waals surface area contributed by atoms with Gasteiger partial charge in [0.2, 0.25) is 10.0 Å². The number of fused-ring (bicyclic) bond motifs is 1. The highest BCUT2D eigenvalue weighted by molar-refractivity contribution is 7.89. The molecule has 0 aliphatic rings. The van der Waals surface area contributed by atoms with E-state index in [2.05, 4.69) is 20.3 Å². The number of hydrogen-bond acceptors (Lipinski definition) is 7. The summed E-state index contributed by atoms with van der Waals surface area (Å²) in [5.41, 5.74) is 2.96. The molecule has 214 valence electrons. The van der Waals surface area contributed by atoms with Crippen LogP contribution in [0.1, 0.15) is 18.0 Å². The lowest BCUT2D eigenvalue weighted by Gasteiger charge is -2.19. The van der Waals surface area contributed by atoms with Crippen LogP contribution in [-0.2, 0) is 14.8 Å². The van der Waals surface area contributed by atoms with Crippen molar-refractivity contribution in [2.75, 3.05) is 17.7 Å².